The van der Waals surface area contributed by atoms with E-state index in [1.54, 1.807) is 18.5 Å². The Morgan fingerprint density at radius 3 is 2.50 bits per heavy atom. The van der Waals surface area contributed by atoms with E-state index in [-0.39, 0.29) is 5.82 Å². The van der Waals surface area contributed by atoms with Crippen molar-refractivity contribution in [3.05, 3.63) is 35.6 Å². The van der Waals surface area contributed by atoms with Gasteiger partial charge in [-0.05, 0) is 43.5 Å². The van der Waals surface area contributed by atoms with Crippen LogP contribution in [0.15, 0.2) is 39.6 Å². The van der Waals surface area contributed by atoms with Crippen molar-refractivity contribution in [2.75, 3.05) is 13.1 Å². The third-order valence-electron chi connectivity index (χ3n) is 3.09. The maximum absolute atomic E-state index is 12.9. The Hall–Kier alpha value is -2.24. The Bertz CT molecular complexity index is 504. The Labute approximate surface area is 117 Å². The van der Waals surface area contributed by atoms with E-state index in [0.717, 1.165) is 13.1 Å². The van der Waals surface area contributed by atoms with E-state index in [2.05, 4.69) is 20.3 Å². The third kappa shape index (κ3) is 4.15. The maximum atomic E-state index is 12.9. The van der Waals surface area contributed by atoms with E-state index in [0.29, 0.717) is 11.3 Å². The van der Waals surface area contributed by atoms with Gasteiger partial charge >= 0.3 is 0 Å². The van der Waals surface area contributed by atoms with Crippen molar-refractivity contribution >= 4 is 18.3 Å². The summed E-state index contributed by atoms with van der Waals surface area (Å²) in [5.41, 5.74) is 1.01. The van der Waals surface area contributed by atoms with Crippen LogP contribution in [0, 0.1) is 5.82 Å². The van der Waals surface area contributed by atoms with Crippen LogP contribution < -0.4 is 0 Å². The molecule has 20 heavy (non-hydrogen) atoms. The smallest absolute Gasteiger partial charge is 0.123 e. The number of likely N-dealkylation sites (tertiary alicyclic amines) is 1. The molecule has 1 saturated heterocycles. The number of benzene rings is 1. The predicted molar refractivity (Wildman–Crippen MR) is 77.1 cm³/mol. The van der Waals surface area contributed by atoms with Gasteiger partial charge in [-0.15, -0.1) is 10.2 Å². The highest BCUT2D eigenvalue weighted by Gasteiger charge is 2.06. The third-order valence-corrected chi connectivity index (χ3v) is 3.09. The molecule has 0 bridgehead atoms. The van der Waals surface area contributed by atoms with E-state index >= 15 is 0 Å². The Balaban J connectivity index is 2.09. The molecule has 2 rings (SSSR count). The summed E-state index contributed by atoms with van der Waals surface area (Å²) in [6.07, 6.45) is 6.46. The van der Waals surface area contributed by atoms with Crippen LogP contribution in [0.2, 0.25) is 0 Å². The number of nitrogens with zero attached hydrogens (tertiary/aromatic N) is 4. The van der Waals surface area contributed by atoms with E-state index in [1.807, 2.05) is 0 Å². The van der Waals surface area contributed by atoms with Gasteiger partial charge in [0.05, 0.1) is 6.21 Å². The molecule has 0 radical (unpaired) electrons. The summed E-state index contributed by atoms with van der Waals surface area (Å²) in [5.74, 6) is -0.328. The molecule has 1 heterocycles. The number of piperidine rings is 1. The summed E-state index contributed by atoms with van der Waals surface area (Å²) in [6, 6.07) is 5.77. The minimum absolute atomic E-state index is 0.328. The van der Waals surface area contributed by atoms with Crippen LogP contribution in [0.5, 0.6) is 0 Å². The van der Waals surface area contributed by atoms with Gasteiger partial charge in [-0.1, -0.05) is 5.16 Å². The van der Waals surface area contributed by atoms with Crippen molar-refractivity contribution in [1.29, 1.82) is 0 Å². The van der Waals surface area contributed by atoms with E-state index < -0.39 is 0 Å². The lowest BCUT2D eigenvalue weighted by Crippen LogP contribution is -2.28. The molecule has 0 atom stereocenters. The van der Waals surface area contributed by atoms with Gasteiger partial charge in [-0.25, -0.2) is 4.39 Å². The van der Waals surface area contributed by atoms with Crippen molar-refractivity contribution in [2.45, 2.75) is 19.3 Å². The Kier molecular flexibility index (Phi) is 5.23. The molecule has 0 amide bonds. The van der Waals surface area contributed by atoms with Crippen LogP contribution in [0.1, 0.15) is 24.8 Å². The zero-order valence-electron chi connectivity index (χ0n) is 11.1. The molecular formula is C14H17FN4O. The monoisotopic (exact) mass is 276 g/mol. The summed E-state index contributed by atoms with van der Waals surface area (Å²) in [7, 11) is 0. The quantitative estimate of drug-likeness (QED) is 0.397. The molecule has 0 unspecified atom stereocenters. The van der Waals surface area contributed by atoms with E-state index in [4.69, 9.17) is 5.21 Å². The molecule has 0 saturated carbocycles. The molecule has 5 nitrogen and oxygen atoms in total. The van der Waals surface area contributed by atoms with Gasteiger partial charge in [0.25, 0.3) is 0 Å². The molecule has 1 N–H and O–H groups in total. The molecule has 1 fully saturated rings. The van der Waals surface area contributed by atoms with Gasteiger partial charge in [0.2, 0.25) is 0 Å². The van der Waals surface area contributed by atoms with Crippen molar-refractivity contribution in [2.24, 2.45) is 15.4 Å². The van der Waals surface area contributed by atoms with Crippen LogP contribution in [0.4, 0.5) is 4.39 Å². The fourth-order valence-electron chi connectivity index (χ4n) is 2.03. The second-order valence-corrected chi connectivity index (χ2v) is 4.56. The van der Waals surface area contributed by atoms with Crippen LogP contribution in [0.3, 0.4) is 0 Å². The number of oxime groups is 1. The van der Waals surface area contributed by atoms with Crippen molar-refractivity contribution in [1.82, 2.24) is 4.90 Å². The molecular weight excluding hydrogens is 259 g/mol. The first kappa shape index (κ1) is 14.2. The van der Waals surface area contributed by atoms with E-state index in [1.165, 1.54) is 37.6 Å². The molecule has 106 valence electrons. The summed E-state index contributed by atoms with van der Waals surface area (Å²) in [4.78, 5) is 2.10. The average molecular weight is 276 g/mol. The minimum Gasteiger partial charge on any atom is -0.411 e. The highest BCUT2D eigenvalue weighted by Crippen LogP contribution is 2.07. The minimum atomic E-state index is -0.328. The molecule has 1 aliphatic heterocycles. The van der Waals surface area contributed by atoms with Crippen LogP contribution in [0.25, 0.3) is 0 Å². The highest BCUT2D eigenvalue weighted by atomic mass is 19.1. The fourth-order valence-corrected chi connectivity index (χ4v) is 2.03. The lowest BCUT2D eigenvalue weighted by molar-refractivity contribution is 0.322. The standard InChI is InChI=1S/C14H17FN4O/c15-13-6-4-12(5-7-13)14(10-17-20)18-16-11-19-8-2-1-3-9-19/h4-7,10-11,20H,1-3,8-9H2/b16-11-,17-10+,18-14+. The van der Waals surface area contributed by atoms with Crippen LogP contribution in [-0.4, -0.2) is 41.5 Å². The molecule has 0 spiro atoms. The van der Waals surface area contributed by atoms with Crippen molar-refractivity contribution in [3.63, 3.8) is 0 Å². The SMILES string of the molecule is O/N=C/C(=N\N=C/N1CCCCC1)c1ccc(F)cc1. The Morgan fingerprint density at radius 1 is 1.15 bits per heavy atom. The fraction of sp³-hybridized carbons (Fsp3) is 0.357. The maximum Gasteiger partial charge on any atom is 0.123 e. The van der Waals surface area contributed by atoms with Crippen LogP contribution >= 0.6 is 0 Å². The molecule has 6 heteroatoms. The van der Waals surface area contributed by atoms with Gasteiger partial charge in [0, 0.05) is 18.7 Å². The first-order valence-electron chi connectivity index (χ1n) is 6.58. The topological polar surface area (TPSA) is 60.6 Å². The molecule has 1 aromatic rings. The lowest BCUT2D eigenvalue weighted by atomic mass is 10.1. The predicted octanol–water partition coefficient (Wildman–Crippen LogP) is 2.50. The van der Waals surface area contributed by atoms with Gasteiger partial charge in [-0.3, -0.25) is 0 Å². The first-order chi connectivity index (χ1) is 9.79. The number of halogens is 1. The lowest BCUT2D eigenvalue weighted by Gasteiger charge is -2.23. The normalized spacial score (nSPS) is 17.2. The van der Waals surface area contributed by atoms with Gasteiger partial charge in [0.1, 0.15) is 17.9 Å². The summed E-state index contributed by atoms with van der Waals surface area (Å²) < 4.78 is 12.9. The number of hydrogen-bond acceptors (Lipinski definition) is 4. The summed E-state index contributed by atoms with van der Waals surface area (Å²) in [5, 5.41) is 19.6. The summed E-state index contributed by atoms with van der Waals surface area (Å²) in [6.45, 7) is 1.97. The zero-order chi connectivity index (χ0) is 14.2. The van der Waals surface area contributed by atoms with Crippen molar-refractivity contribution < 1.29 is 9.60 Å². The number of rotatable bonds is 4. The van der Waals surface area contributed by atoms with E-state index in [9.17, 15) is 4.39 Å². The summed E-state index contributed by atoms with van der Waals surface area (Å²) >= 11 is 0. The largest absolute Gasteiger partial charge is 0.411 e. The highest BCUT2D eigenvalue weighted by molar-refractivity contribution is 6.38. The molecule has 0 aliphatic carbocycles. The van der Waals surface area contributed by atoms with Gasteiger partial charge in [-0.2, -0.15) is 0 Å². The zero-order valence-corrected chi connectivity index (χ0v) is 11.1. The first-order valence-corrected chi connectivity index (χ1v) is 6.58. The molecule has 1 aliphatic rings. The second kappa shape index (κ2) is 7.37. The van der Waals surface area contributed by atoms with Gasteiger partial charge < -0.3 is 10.1 Å². The number of hydrogen-bond donors (Lipinski definition) is 1. The molecule has 1 aromatic carbocycles. The van der Waals surface area contributed by atoms with Gasteiger partial charge in [0.15, 0.2) is 0 Å². The Morgan fingerprint density at radius 2 is 1.85 bits per heavy atom. The second-order valence-electron chi connectivity index (χ2n) is 4.56. The molecule has 0 aromatic heterocycles. The van der Waals surface area contributed by atoms with Crippen LogP contribution in [-0.2, 0) is 0 Å². The van der Waals surface area contributed by atoms with Crippen molar-refractivity contribution in [3.8, 4) is 0 Å². The average Bonchev–Trinajstić information content (AvgIpc) is 2.48.